The highest BCUT2D eigenvalue weighted by Gasteiger charge is 2.38. The second-order valence-electron chi connectivity index (χ2n) is 3.78. The monoisotopic (exact) mass is 326 g/mol. The van der Waals surface area contributed by atoms with Crippen LogP contribution < -0.4 is 5.73 Å². The molecule has 1 heterocycles. The lowest BCUT2D eigenvalue weighted by Gasteiger charge is -2.33. The van der Waals surface area contributed by atoms with Gasteiger partial charge in [0, 0.05) is 12.2 Å². The Morgan fingerprint density at radius 3 is 2.23 bits per heavy atom. The van der Waals surface area contributed by atoms with Crippen molar-refractivity contribution in [3.63, 3.8) is 0 Å². The summed E-state index contributed by atoms with van der Waals surface area (Å²) in [5.74, 6) is -4.33. The van der Waals surface area contributed by atoms with E-state index in [1.807, 2.05) is 0 Å². The largest absolute Gasteiger partial charge is 0.490 e. The molecular formula is C11H13F3N2O6. The SMILES string of the molecule is CCOC(=O)C=CC(=O)N1CC(N)C1=O.O=C(O)C(F)(F)F. The molecule has 2 amide bonds. The molecule has 124 valence electrons. The van der Waals surface area contributed by atoms with Crippen molar-refractivity contribution in [3.8, 4) is 0 Å². The minimum Gasteiger partial charge on any atom is -0.475 e. The number of alkyl halides is 3. The molecule has 22 heavy (non-hydrogen) atoms. The van der Waals surface area contributed by atoms with Crippen molar-refractivity contribution in [2.75, 3.05) is 13.2 Å². The minimum atomic E-state index is -5.08. The Labute approximate surface area is 122 Å². The maximum atomic E-state index is 11.2. The Hall–Kier alpha value is -2.43. The first kappa shape index (κ1) is 19.6. The maximum absolute atomic E-state index is 11.2. The molecule has 0 aromatic rings. The van der Waals surface area contributed by atoms with Crippen molar-refractivity contribution >= 4 is 23.8 Å². The van der Waals surface area contributed by atoms with Crippen LogP contribution in [-0.2, 0) is 23.9 Å². The van der Waals surface area contributed by atoms with Gasteiger partial charge in [-0.15, -0.1) is 0 Å². The van der Waals surface area contributed by atoms with Crippen molar-refractivity contribution in [3.05, 3.63) is 12.2 Å². The zero-order valence-corrected chi connectivity index (χ0v) is 11.3. The number of likely N-dealkylation sites (tertiary alicyclic amines) is 1. The summed E-state index contributed by atoms with van der Waals surface area (Å²) in [6, 6.07) is -0.593. The van der Waals surface area contributed by atoms with Gasteiger partial charge in [0.15, 0.2) is 0 Å². The van der Waals surface area contributed by atoms with E-state index in [9.17, 15) is 27.6 Å². The second kappa shape index (κ2) is 8.12. The molecule has 8 nitrogen and oxygen atoms in total. The van der Waals surface area contributed by atoms with Crippen LogP contribution in [0, 0.1) is 0 Å². The van der Waals surface area contributed by atoms with E-state index in [1.54, 1.807) is 6.92 Å². The Bertz CT molecular complexity index is 489. The zero-order chi connectivity index (χ0) is 17.5. The highest BCUT2D eigenvalue weighted by atomic mass is 19.4. The predicted octanol–water partition coefficient (Wildman–Crippen LogP) is -0.565. The van der Waals surface area contributed by atoms with Crippen LogP contribution in [0.1, 0.15) is 6.92 Å². The normalized spacial score (nSPS) is 17.4. The fraction of sp³-hybridized carbons (Fsp3) is 0.455. The maximum Gasteiger partial charge on any atom is 0.490 e. The predicted molar refractivity (Wildman–Crippen MR) is 64.2 cm³/mol. The third kappa shape index (κ3) is 6.35. The molecule has 1 atom stereocenters. The van der Waals surface area contributed by atoms with E-state index in [4.69, 9.17) is 15.6 Å². The minimum absolute atomic E-state index is 0.199. The summed E-state index contributed by atoms with van der Waals surface area (Å²) in [5, 5.41) is 7.12. The summed E-state index contributed by atoms with van der Waals surface area (Å²) < 4.78 is 36.3. The molecule has 0 saturated carbocycles. The van der Waals surface area contributed by atoms with Crippen LogP contribution in [0.3, 0.4) is 0 Å². The summed E-state index contributed by atoms with van der Waals surface area (Å²) in [4.78, 5) is 42.9. The molecule has 0 spiro atoms. The van der Waals surface area contributed by atoms with Crippen LogP contribution in [0.5, 0.6) is 0 Å². The Kier molecular flexibility index (Phi) is 7.22. The van der Waals surface area contributed by atoms with Crippen molar-refractivity contribution in [2.45, 2.75) is 19.1 Å². The zero-order valence-electron chi connectivity index (χ0n) is 11.3. The lowest BCUT2D eigenvalue weighted by Crippen LogP contribution is -2.62. The number of β-lactam (4-membered cyclic amide) rings is 1. The van der Waals surface area contributed by atoms with Crippen molar-refractivity contribution in [1.29, 1.82) is 0 Å². The molecule has 0 aliphatic carbocycles. The fourth-order valence-electron chi connectivity index (χ4n) is 1.07. The smallest absolute Gasteiger partial charge is 0.475 e. The number of carboxylic acid groups (broad SMARTS) is 1. The topological polar surface area (TPSA) is 127 Å². The van der Waals surface area contributed by atoms with E-state index in [-0.39, 0.29) is 13.2 Å². The number of carboxylic acids is 1. The number of nitrogens with zero attached hydrogens (tertiary/aromatic N) is 1. The van der Waals surface area contributed by atoms with Gasteiger partial charge < -0.3 is 15.6 Å². The first-order chi connectivity index (χ1) is 10.0. The number of rotatable bonds is 3. The van der Waals surface area contributed by atoms with E-state index in [0.29, 0.717) is 0 Å². The number of ether oxygens (including phenoxy) is 1. The third-order valence-electron chi connectivity index (χ3n) is 2.12. The van der Waals surface area contributed by atoms with Gasteiger partial charge in [-0.3, -0.25) is 14.5 Å². The number of hydrogen-bond acceptors (Lipinski definition) is 6. The molecule has 0 bridgehead atoms. The van der Waals surface area contributed by atoms with Crippen LogP contribution in [0.15, 0.2) is 12.2 Å². The van der Waals surface area contributed by atoms with E-state index in [2.05, 4.69) is 4.74 Å². The van der Waals surface area contributed by atoms with Crippen molar-refractivity contribution in [2.24, 2.45) is 5.73 Å². The van der Waals surface area contributed by atoms with E-state index >= 15 is 0 Å². The molecule has 0 radical (unpaired) electrons. The Balaban J connectivity index is 0.000000534. The number of amides is 2. The molecule has 1 aliphatic rings. The van der Waals surface area contributed by atoms with Crippen LogP contribution in [-0.4, -0.2) is 59.1 Å². The third-order valence-corrected chi connectivity index (χ3v) is 2.12. The molecule has 1 saturated heterocycles. The van der Waals surface area contributed by atoms with Crippen LogP contribution in [0.2, 0.25) is 0 Å². The van der Waals surface area contributed by atoms with Gasteiger partial charge in [-0.25, -0.2) is 9.59 Å². The average Bonchev–Trinajstić information content (AvgIpc) is 2.41. The van der Waals surface area contributed by atoms with Crippen molar-refractivity contribution in [1.82, 2.24) is 4.90 Å². The molecule has 0 aromatic carbocycles. The molecule has 1 unspecified atom stereocenters. The number of nitrogens with two attached hydrogens (primary N) is 1. The number of imide groups is 1. The van der Waals surface area contributed by atoms with Crippen LogP contribution in [0.25, 0.3) is 0 Å². The number of hydrogen-bond donors (Lipinski definition) is 2. The summed E-state index contributed by atoms with van der Waals surface area (Å²) in [5.41, 5.74) is 5.29. The van der Waals surface area contributed by atoms with Gasteiger partial charge in [0.2, 0.25) is 5.91 Å². The second-order valence-corrected chi connectivity index (χ2v) is 3.78. The lowest BCUT2D eigenvalue weighted by molar-refractivity contribution is -0.192. The van der Waals surface area contributed by atoms with Gasteiger partial charge in [0.1, 0.15) is 6.04 Å². The number of carbonyl (C=O) groups excluding carboxylic acids is 3. The van der Waals surface area contributed by atoms with Gasteiger partial charge in [0.05, 0.1) is 13.2 Å². The van der Waals surface area contributed by atoms with E-state index in [0.717, 1.165) is 17.1 Å². The highest BCUT2D eigenvalue weighted by molar-refractivity contribution is 6.08. The number of halogens is 3. The summed E-state index contributed by atoms with van der Waals surface area (Å²) >= 11 is 0. The Morgan fingerprint density at radius 1 is 1.41 bits per heavy atom. The van der Waals surface area contributed by atoms with Gasteiger partial charge in [-0.2, -0.15) is 13.2 Å². The van der Waals surface area contributed by atoms with Gasteiger partial charge in [-0.05, 0) is 6.92 Å². The summed E-state index contributed by atoms with van der Waals surface area (Å²) in [7, 11) is 0. The number of carbonyl (C=O) groups is 4. The lowest BCUT2D eigenvalue weighted by atomic mass is 10.1. The van der Waals surface area contributed by atoms with E-state index in [1.165, 1.54) is 0 Å². The van der Waals surface area contributed by atoms with Gasteiger partial charge in [0.25, 0.3) is 5.91 Å². The van der Waals surface area contributed by atoms with Gasteiger partial charge >= 0.3 is 18.1 Å². The Morgan fingerprint density at radius 2 is 1.91 bits per heavy atom. The van der Waals surface area contributed by atoms with Crippen LogP contribution >= 0.6 is 0 Å². The first-order valence-corrected chi connectivity index (χ1v) is 5.76. The molecule has 11 heteroatoms. The molecular weight excluding hydrogens is 313 g/mol. The molecule has 1 fully saturated rings. The van der Waals surface area contributed by atoms with E-state index < -0.39 is 36.0 Å². The standard InChI is InChI=1S/C9H12N2O4.C2HF3O2/c1-2-15-8(13)4-3-7(12)11-5-6(10)9(11)14;3-2(4,5)1(6)7/h3-4,6H,2,5,10H2,1H3;(H,6,7). The molecule has 1 aliphatic heterocycles. The van der Waals surface area contributed by atoms with Crippen LogP contribution in [0.4, 0.5) is 13.2 Å². The van der Waals surface area contributed by atoms with Crippen molar-refractivity contribution < 1.29 is 42.2 Å². The molecule has 3 N–H and O–H groups in total. The first-order valence-electron chi connectivity index (χ1n) is 5.76. The number of aliphatic carboxylic acids is 1. The molecule has 1 rings (SSSR count). The fourth-order valence-corrected chi connectivity index (χ4v) is 1.07. The number of esters is 1. The quantitative estimate of drug-likeness (QED) is 0.404. The molecule has 0 aromatic heterocycles. The highest BCUT2D eigenvalue weighted by Crippen LogP contribution is 2.13. The summed E-state index contributed by atoms with van der Waals surface area (Å²) in [6.45, 7) is 2.10. The van der Waals surface area contributed by atoms with Gasteiger partial charge in [-0.1, -0.05) is 0 Å². The average molecular weight is 326 g/mol. The summed E-state index contributed by atoms with van der Waals surface area (Å²) in [6.07, 6.45) is -3.09.